The molecule has 11 heavy (non-hydrogen) atoms. The van der Waals surface area contributed by atoms with Crippen LogP contribution in [0.1, 0.15) is 6.92 Å². The summed E-state index contributed by atoms with van der Waals surface area (Å²) in [6.07, 6.45) is 5.69. The van der Waals surface area contributed by atoms with Crippen LogP contribution in [-0.2, 0) is 4.79 Å². The fraction of sp³-hybridized carbons (Fsp3) is 0.250. The minimum atomic E-state index is -0.119. The van der Waals surface area contributed by atoms with Crippen molar-refractivity contribution in [2.75, 3.05) is 6.54 Å². The van der Waals surface area contributed by atoms with Crippen LogP contribution >= 0.6 is 0 Å². The van der Waals surface area contributed by atoms with E-state index < -0.39 is 0 Å². The zero-order valence-electron chi connectivity index (χ0n) is 6.24. The van der Waals surface area contributed by atoms with Gasteiger partial charge in [0.2, 0.25) is 0 Å². The zero-order valence-corrected chi connectivity index (χ0v) is 6.24. The van der Waals surface area contributed by atoms with E-state index in [1.54, 1.807) is 6.08 Å². The van der Waals surface area contributed by atoms with Crippen LogP contribution in [-0.4, -0.2) is 23.2 Å². The van der Waals surface area contributed by atoms with Gasteiger partial charge in [-0.15, -0.1) is 0 Å². The van der Waals surface area contributed by atoms with Gasteiger partial charge < -0.3 is 4.90 Å². The molecule has 0 aliphatic carbocycles. The Kier molecular flexibility index (Phi) is 1.18. The van der Waals surface area contributed by atoms with E-state index >= 15 is 0 Å². The van der Waals surface area contributed by atoms with Gasteiger partial charge in [-0.3, -0.25) is 4.79 Å². The lowest BCUT2D eigenvalue weighted by Gasteiger charge is -2.18. The monoisotopic (exact) mass is 148 g/mol. The van der Waals surface area contributed by atoms with E-state index in [0.717, 1.165) is 12.4 Å². The van der Waals surface area contributed by atoms with Crippen LogP contribution in [0.15, 0.2) is 28.9 Å². The Bertz CT molecular complexity index is 299. The summed E-state index contributed by atoms with van der Waals surface area (Å²) >= 11 is 0. The van der Waals surface area contributed by atoms with Crippen LogP contribution in [0.2, 0.25) is 0 Å². The van der Waals surface area contributed by atoms with Crippen molar-refractivity contribution >= 4 is 11.7 Å². The molecule has 0 bridgehead atoms. The third-order valence-corrected chi connectivity index (χ3v) is 1.84. The number of carbonyl (C=O) groups is 1. The standard InChI is InChI=1S/C8H8N2O/c1-6-9-8(11)7-4-2-3-5-10(6)7/h2-4H,5H2,1H3. The highest BCUT2D eigenvalue weighted by molar-refractivity contribution is 6.10. The topological polar surface area (TPSA) is 32.7 Å². The second-order valence-electron chi connectivity index (χ2n) is 2.55. The minimum Gasteiger partial charge on any atom is -0.321 e. The maximum Gasteiger partial charge on any atom is 0.295 e. The Morgan fingerprint density at radius 1 is 1.64 bits per heavy atom. The number of hydrogen-bond donors (Lipinski definition) is 0. The molecule has 0 aromatic carbocycles. The molecule has 2 heterocycles. The van der Waals surface area contributed by atoms with E-state index in [-0.39, 0.29) is 5.91 Å². The molecule has 0 N–H and O–H groups in total. The van der Waals surface area contributed by atoms with E-state index in [2.05, 4.69) is 4.99 Å². The molecule has 0 radical (unpaired) electrons. The number of rotatable bonds is 0. The second kappa shape index (κ2) is 2.05. The Balaban J connectivity index is 2.43. The van der Waals surface area contributed by atoms with Crippen molar-refractivity contribution in [2.45, 2.75) is 6.92 Å². The number of fused-ring (bicyclic) bond motifs is 1. The molecular weight excluding hydrogens is 140 g/mol. The van der Waals surface area contributed by atoms with E-state index in [1.807, 2.05) is 24.0 Å². The lowest BCUT2D eigenvalue weighted by atomic mass is 10.2. The van der Waals surface area contributed by atoms with Gasteiger partial charge in [0.1, 0.15) is 11.5 Å². The highest BCUT2D eigenvalue weighted by atomic mass is 16.2. The van der Waals surface area contributed by atoms with Gasteiger partial charge in [0, 0.05) is 6.54 Å². The van der Waals surface area contributed by atoms with Gasteiger partial charge in [-0.2, -0.15) is 4.99 Å². The highest BCUT2D eigenvalue weighted by Gasteiger charge is 2.26. The Morgan fingerprint density at radius 2 is 2.45 bits per heavy atom. The number of hydrogen-bond acceptors (Lipinski definition) is 2. The molecule has 3 nitrogen and oxygen atoms in total. The number of allylic oxidation sites excluding steroid dienone is 2. The smallest absolute Gasteiger partial charge is 0.295 e. The minimum absolute atomic E-state index is 0.119. The average Bonchev–Trinajstić information content (AvgIpc) is 2.30. The SMILES string of the molecule is CC1=NC(=O)C2=CC=CCN21. The molecule has 56 valence electrons. The third-order valence-electron chi connectivity index (χ3n) is 1.84. The molecule has 2 aliphatic rings. The lowest BCUT2D eigenvalue weighted by molar-refractivity contribution is -0.114. The maximum atomic E-state index is 11.1. The fourth-order valence-electron chi connectivity index (χ4n) is 1.27. The van der Waals surface area contributed by atoms with Crippen LogP contribution < -0.4 is 0 Å². The molecule has 0 unspecified atom stereocenters. The molecule has 3 heteroatoms. The fourth-order valence-corrected chi connectivity index (χ4v) is 1.27. The van der Waals surface area contributed by atoms with Crippen LogP contribution in [0.4, 0.5) is 0 Å². The van der Waals surface area contributed by atoms with Crippen molar-refractivity contribution in [1.82, 2.24) is 4.90 Å². The number of carbonyl (C=O) groups excluding carboxylic acids is 1. The number of amides is 1. The first-order chi connectivity index (χ1) is 5.29. The van der Waals surface area contributed by atoms with Crippen molar-refractivity contribution in [2.24, 2.45) is 4.99 Å². The van der Waals surface area contributed by atoms with Gasteiger partial charge in [-0.1, -0.05) is 12.2 Å². The maximum absolute atomic E-state index is 11.1. The number of amidine groups is 1. The highest BCUT2D eigenvalue weighted by Crippen LogP contribution is 2.18. The van der Waals surface area contributed by atoms with Crippen molar-refractivity contribution in [3.63, 3.8) is 0 Å². The normalized spacial score (nSPS) is 21.5. The molecule has 1 amide bonds. The van der Waals surface area contributed by atoms with Gasteiger partial charge in [0.15, 0.2) is 0 Å². The largest absolute Gasteiger partial charge is 0.321 e. The first kappa shape index (κ1) is 6.34. The number of nitrogens with zero attached hydrogens (tertiary/aromatic N) is 2. The van der Waals surface area contributed by atoms with Gasteiger partial charge in [-0.25, -0.2) is 0 Å². The van der Waals surface area contributed by atoms with Crippen LogP contribution in [0.25, 0.3) is 0 Å². The molecule has 0 saturated carbocycles. The summed E-state index contributed by atoms with van der Waals surface area (Å²) < 4.78 is 0. The molecule has 0 fully saturated rings. The molecule has 2 aliphatic heterocycles. The van der Waals surface area contributed by atoms with Crippen molar-refractivity contribution in [3.8, 4) is 0 Å². The Labute approximate surface area is 64.7 Å². The van der Waals surface area contributed by atoms with Crippen LogP contribution in [0.5, 0.6) is 0 Å². The van der Waals surface area contributed by atoms with E-state index in [0.29, 0.717) is 5.70 Å². The summed E-state index contributed by atoms with van der Waals surface area (Å²) in [7, 11) is 0. The van der Waals surface area contributed by atoms with Gasteiger partial charge in [0.25, 0.3) is 5.91 Å². The summed E-state index contributed by atoms with van der Waals surface area (Å²) in [5.74, 6) is 0.678. The molecule has 0 atom stereocenters. The molecule has 0 spiro atoms. The summed E-state index contributed by atoms with van der Waals surface area (Å²) in [4.78, 5) is 16.8. The van der Waals surface area contributed by atoms with Crippen molar-refractivity contribution in [1.29, 1.82) is 0 Å². The first-order valence-corrected chi connectivity index (χ1v) is 3.53. The Hall–Kier alpha value is -1.38. The quantitative estimate of drug-likeness (QED) is 0.506. The molecule has 0 aromatic rings. The predicted octanol–water partition coefficient (Wildman–Crippen LogP) is 0.701. The summed E-state index contributed by atoms with van der Waals surface area (Å²) in [6, 6.07) is 0. The predicted molar refractivity (Wildman–Crippen MR) is 42.0 cm³/mol. The molecule has 0 saturated heterocycles. The molecule has 0 aromatic heterocycles. The first-order valence-electron chi connectivity index (χ1n) is 3.53. The Morgan fingerprint density at radius 3 is 3.18 bits per heavy atom. The second-order valence-corrected chi connectivity index (χ2v) is 2.55. The summed E-state index contributed by atoms with van der Waals surface area (Å²) in [6.45, 7) is 2.62. The number of aliphatic imine (C=N–C) groups is 1. The van der Waals surface area contributed by atoms with Crippen LogP contribution in [0, 0.1) is 0 Å². The summed E-state index contributed by atoms with van der Waals surface area (Å²) in [5.41, 5.74) is 0.699. The molecular formula is C8H8N2O. The average molecular weight is 148 g/mol. The van der Waals surface area contributed by atoms with Gasteiger partial charge >= 0.3 is 0 Å². The van der Waals surface area contributed by atoms with Crippen molar-refractivity contribution in [3.05, 3.63) is 23.9 Å². The van der Waals surface area contributed by atoms with Gasteiger partial charge in [-0.05, 0) is 13.0 Å². The lowest BCUT2D eigenvalue weighted by Crippen LogP contribution is -2.26. The van der Waals surface area contributed by atoms with E-state index in [1.165, 1.54) is 0 Å². The molecule has 2 rings (SSSR count). The summed E-state index contributed by atoms with van der Waals surface area (Å²) in [5, 5.41) is 0. The van der Waals surface area contributed by atoms with E-state index in [4.69, 9.17) is 0 Å². The zero-order chi connectivity index (χ0) is 7.84. The van der Waals surface area contributed by atoms with Crippen molar-refractivity contribution < 1.29 is 4.79 Å². The van der Waals surface area contributed by atoms with Crippen LogP contribution in [0.3, 0.4) is 0 Å². The van der Waals surface area contributed by atoms with E-state index in [9.17, 15) is 4.79 Å². The van der Waals surface area contributed by atoms with Gasteiger partial charge in [0.05, 0.1) is 0 Å². The third kappa shape index (κ3) is 0.808.